The smallest absolute Gasteiger partial charge is 0.137 e. The van der Waals surface area contributed by atoms with Crippen molar-refractivity contribution in [3.8, 4) is 5.75 Å². The number of methoxy groups -OCH3 is 1. The average Bonchev–Trinajstić information content (AvgIpc) is 2.75. The van der Waals surface area contributed by atoms with E-state index in [1.165, 1.54) is 5.69 Å². The van der Waals surface area contributed by atoms with E-state index in [0.29, 0.717) is 10.8 Å². The van der Waals surface area contributed by atoms with Gasteiger partial charge in [0.05, 0.1) is 12.1 Å². The van der Waals surface area contributed by atoms with Gasteiger partial charge >= 0.3 is 0 Å². The topological polar surface area (TPSA) is 39.1 Å². The van der Waals surface area contributed by atoms with Crippen molar-refractivity contribution in [1.29, 1.82) is 0 Å². The molecule has 0 aliphatic heterocycles. The van der Waals surface area contributed by atoms with E-state index in [9.17, 15) is 0 Å². The van der Waals surface area contributed by atoms with E-state index in [-0.39, 0.29) is 0 Å². The Morgan fingerprint density at radius 3 is 2.83 bits per heavy atom. The summed E-state index contributed by atoms with van der Waals surface area (Å²) in [4.78, 5) is 0. The van der Waals surface area contributed by atoms with Crippen LogP contribution < -0.4 is 10.1 Å². The molecule has 2 rings (SSSR count). The van der Waals surface area contributed by atoms with Crippen LogP contribution in [0.15, 0.2) is 30.5 Å². The third kappa shape index (κ3) is 2.96. The highest BCUT2D eigenvalue weighted by Gasteiger charge is 2.02. The van der Waals surface area contributed by atoms with Crippen LogP contribution in [-0.2, 0) is 13.5 Å². The predicted molar refractivity (Wildman–Crippen MR) is 73.4 cm³/mol. The standard InChI is InChI=1S/C13H16ClN3O/c1-17-11(6-8-16-17)5-7-15-10-3-4-13(18-2)12(14)9-10/h3-4,6,8-9,15H,5,7H2,1-2H3. The van der Waals surface area contributed by atoms with E-state index >= 15 is 0 Å². The molecule has 0 fully saturated rings. The fraction of sp³-hybridized carbons (Fsp3) is 0.308. The summed E-state index contributed by atoms with van der Waals surface area (Å²) in [6.45, 7) is 0.836. The molecule has 0 bridgehead atoms. The van der Waals surface area contributed by atoms with Crippen molar-refractivity contribution < 1.29 is 4.74 Å². The largest absolute Gasteiger partial charge is 0.495 e. The Bertz CT molecular complexity index is 525. The summed E-state index contributed by atoms with van der Waals surface area (Å²) in [7, 11) is 3.55. The summed E-state index contributed by atoms with van der Waals surface area (Å²) >= 11 is 6.05. The normalized spacial score (nSPS) is 10.4. The zero-order valence-corrected chi connectivity index (χ0v) is 11.2. The fourth-order valence-electron chi connectivity index (χ4n) is 1.76. The lowest BCUT2D eigenvalue weighted by Gasteiger charge is -2.09. The second-order valence-electron chi connectivity index (χ2n) is 3.97. The molecule has 1 N–H and O–H groups in total. The number of nitrogens with one attached hydrogen (secondary N) is 1. The van der Waals surface area contributed by atoms with Crippen molar-refractivity contribution in [2.24, 2.45) is 7.05 Å². The third-order valence-corrected chi connectivity index (χ3v) is 3.08. The van der Waals surface area contributed by atoms with Crippen LogP contribution in [0.5, 0.6) is 5.75 Å². The molecule has 0 atom stereocenters. The van der Waals surface area contributed by atoms with Crippen molar-refractivity contribution in [1.82, 2.24) is 9.78 Å². The molecule has 0 amide bonds. The van der Waals surface area contributed by atoms with E-state index < -0.39 is 0 Å². The zero-order valence-electron chi connectivity index (χ0n) is 10.5. The van der Waals surface area contributed by atoms with Gasteiger partial charge in [0.15, 0.2) is 0 Å². The van der Waals surface area contributed by atoms with Crippen LogP contribution in [0.2, 0.25) is 5.02 Å². The summed E-state index contributed by atoms with van der Waals surface area (Å²) in [6.07, 6.45) is 2.72. The van der Waals surface area contributed by atoms with Gasteiger partial charge < -0.3 is 10.1 Å². The molecular weight excluding hydrogens is 250 g/mol. The molecule has 0 saturated carbocycles. The lowest BCUT2D eigenvalue weighted by atomic mass is 10.2. The Morgan fingerprint density at radius 2 is 2.22 bits per heavy atom. The van der Waals surface area contributed by atoms with Crippen LogP contribution in [0.3, 0.4) is 0 Å². The summed E-state index contributed by atoms with van der Waals surface area (Å²) in [5.41, 5.74) is 2.19. The van der Waals surface area contributed by atoms with Gasteiger partial charge in [-0.05, 0) is 24.3 Å². The number of aromatic nitrogens is 2. The summed E-state index contributed by atoms with van der Waals surface area (Å²) in [5.74, 6) is 0.689. The van der Waals surface area contributed by atoms with Crippen LogP contribution in [-0.4, -0.2) is 23.4 Å². The number of hydrogen-bond acceptors (Lipinski definition) is 3. The van der Waals surface area contributed by atoms with Gasteiger partial charge in [-0.15, -0.1) is 0 Å². The van der Waals surface area contributed by atoms with E-state index in [4.69, 9.17) is 16.3 Å². The van der Waals surface area contributed by atoms with E-state index in [2.05, 4.69) is 10.4 Å². The SMILES string of the molecule is COc1ccc(NCCc2ccnn2C)cc1Cl. The quantitative estimate of drug-likeness (QED) is 0.904. The van der Waals surface area contributed by atoms with Gasteiger partial charge in [-0.25, -0.2) is 0 Å². The predicted octanol–water partition coefficient (Wildman–Crippen LogP) is 2.74. The number of aryl methyl sites for hydroxylation is 1. The van der Waals surface area contributed by atoms with Crippen LogP contribution in [0, 0.1) is 0 Å². The highest BCUT2D eigenvalue weighted by molar-refractivity contribution is 6.32. The van der Waals surface area contributed by atoms with E-state index in [0.717, 1.165) is 18.7 Å². The maximum atomic E-state index is 6.05. The molecule has 0 aliphatic carbocycles. The van der Waals surface area contributed by atoms with Gasteiger partial charge in [-0.1, -0.05) is 11.6 Å². The molecule has 4 nitrogen and oxygen atoms in total. The molecule has 5 heteroatoms. The summed E-state index contributed by atoms with van der Waals surface area (Å²) < 4.78 is 6.99. The molecule has 0 unspecified atom stereocenters. The van der Waals surface area contributed by atoms with Crippen LogP contribution in [0.1, 0.15) is 5.69 Å². The Morgan fingerprint density at radius 1 is 1.39 bits per heavy atom. The second-order valence-corrected chi connectivity index (χ2v) is 4.38. The van der Waals surface area contributed by atoms with Gasteiger partial charge in [0.2, 0.25) is 0 Å². The van der Waals surface area contributed by atoms with Crippen LogP contribution >= 0.6 is 11.6 Å². The number of anilines is 1. The molecule has 0 radical (unpaired) electrons. The number of ether oxygens (including phenoxy) is 1. The van der Waals surface area contributed by atoms with Gasteiger partial charge in [0, 0.05) is 37.6 Å². The molecule has 2 aromatic rings. The highest BCUT2D eigenvalue weighted by Crippen LogP contribution is 2.27. The van der Waals surface area contributed by atoms with Crippen molar-refractivity contribution >= 4 is 17.3 Å². The monoisotopic (exact) mass is 265 g/mol. The fourth-order valence-corrected chi connectivity index (χ4v) is 2.02. The Hall–Kier alpha value is -1.68. The minimum atomic E-state index is 0.614. The van der Waals surface area contributed by atoms with Crippen molar-refractivity contribution in [3.05, 3.63) is 41.2 Å². The zero-order chi connectivity index (χ0) is 13.0. The first-order valence-corrected chi connectivity index (χ1v) is 6.13. The molecule has 96 valence electrons. The molecule has 1 aromatic carbocycles. The molecule has 18 heavy (non-hydrogen) atoms. The first-order chi connectivity index (χ1) is 8.70. The first-order valence-electron chi connectivity index (χ1n) is 5.75. The second kappa shape index (κ2) is 5.78. The van der Waals surface area contributed by atoms with Crippen molar-refractivity contribution in [3.63, 3.8) is 0 Å². The number of halogens is 1. The summed E-state index contributed by atoms with van der Waals surface area (Å²) in [6, 6.07) is 7.69. The number of benzene rings is 1. The van der Waals surface area contributed by atoms with Crippen LogP contribution in [0.4, 0.5) is 5.69 Å². The first kappa shape index (κ1) is 12.8. The maximum Gasteiger partial charge on any atom is 0.137 e. The number of rotatable bonds is 5. The lowest BCUT2D eigenvalue weighted by molar-refractivity contribution is 0.415. The Balaban J connectivity index is 1.91. The molecule has 1 aromatic heterocycles. The van der Waals surface area contributed by atoms with Crippen molar-refractivity contribution in [2.75, 3.05) is 19.0 Å². The lowest BCUT2D eigenvalue weighted by Crippen LogP contribution is -2.08. The van der Waals surface area contributed by atoms with Gasteiger partial charge in [0.1, 0.15) is 5.75 Å². The molecule has 0 spiro atoms. The number of nitrogens with zero attached hydrogens (tertiary/aromatic N) is 2. The van der Waals surface area contributed by atoms with Crippen LogP contribution in [0.25, 0.3) is 0 Å². The van der Waals surface area contributed by atoms with Gasteiger partial charge in [-0.3, -0.25) is 4.68 Å². The van der Waals surface area contributed by atoms with E-state index in [1.54, 1.807) is 13.3 Å². The minimum absolute atomic E-state index is 0.614. The Labute approximate surface area is 112 Å². The molecule has 1 heterocycles. The van der Waals surface area contributed by atoms with Crippen molar-refractivity contribution in [2.45, 2.75) is 6.42 Å². The van der Waals surface area contributed by atoms with Gasteiger partial charge in [0.25, 0.3) is 0 Å². The average molecular weight is 266 g/mol. The number of hydrogen-bond donors (Lipinski definition) is 1. The molecule has 0 aliphatic rings. The van der Waals surface area contributed by atoms with E-state index in [1.807, 2.05) is 36.0 Å². The van der Waals surface area contributed by atoms with Gasteiger partial charge in [-0.2, -0.15) is 5.10 Å². The third-order valence-electron chi connectivity index (χ3n) is 2.78. The Kier molecular flexibility index (Phi) is 4.10. The summed E-state index contributed by atoms with van der Waals surface area (Å²) in [5, 5.41) is 8.07. The minimum Gasteiger partial charge on any atom is -0.495 e. The maximum absolute atomic E-state index is 6.05. The molecular formula is C13H16ClN3O. The molecule has 0 saturated heterocycles. The highest BCUT2D eigenvalue weighted by atomic mass is 35.5.